The summed E-state index contributed by atoms with van der Waals surface area (Å²) < 4.78 is 23.0. The van der Waals surface area contributed by atoms with Crippen LogP contribution in [0.1, 0.15) is 213 Å². The van der Waals surface area contributed by atoms with Gasteiger partial charge in [0, 0.05) is 19.3 Å². The molecule has 1 fully saturated rings. The Morgan fingerprint density at radius 3 is 1.32 bits per heavy atom. The molecule has 4 atom stereocenters. The van der Waals surface area contributed by atoms with Crippen LogP contribution < -0.4 is 0 Å². The van der Waals surface area contributed by atoms with E-state index < -0.39 is 36.4 Å². The van der Waals surface area contributed by atoms with Crippen molar-refractivity contribution >= 4 is 17.9 Å². The summed E-state index contributed by atoms with van der Waals surface area (Å²) >= 11 is 0. The van der Waals surface area contributed by atoms with Crippen molar-refractivity contribution < 1.29 is 38.4 Å². The first-order valence-electron chi connectivity index (χ1n) is 21.3. The zero-order chi connectivity index (χ0) is 36.5. The fourth-order valence-corrected chi connectivity index (χ4v) is 6.70. The van der Waals surface area contributed by atoms with Crippen molar-refractivity contribution in [2.45, 2.75) is 238 Å². The molecule has 1 aliphatic rings. The van der Waals surface area contributed by atoms with Crippen molar-refractivity contribution in [2.24, 2.45) is 0 Å². The van der Waals surface area contributed by atoms with Gasteiger partial charge in [0.15, 0.2) is 12.2 Å². The van der Waals surface area contributed by atoms with Gasteiger partial charge in [0.05, 0.1) is 6.61 Å². The Kier molecular flexibility index (Phi) is 30.8. The molecule has 1 aliphatic heterocycles. The Bertz CT molecular complexity index is 818. The van der Waals surface area contributed by atoms with E-state index in [4.69, 9.17) is 18.9 Å². The first-order valence-corrected chi connectivity index (χ1v) is 21.3. The van der Waals surface area contributed by atoms with Gasteiger partial charge in [0.25, 0.3) is 0 Å². The Balaban J connectivity index is 2.57. The number of aliphatic hydroxyl groups is 1. The summed E-state index contributed by atoms with van der Waals surface area (Å²) in [6.45, 7) is 6.43. The van der Waals surface area contributed by atoms with E-state index in [1.165, 1.54) is 116 Å². The van der Waals surface area contributed by atoms with Gasteiger partial charge in [-0.25, -0.2) is 0 Å². The topological polar surface area (TPSA) is 108 Å². The number of aliphatic hydroxyl groups excluding tert-OH is 1. The maximum absolute atomic E-state index is 12.9. The highest BCUT2D eigenvalue weighted by Crippen LogP contribution is 2.25. The highest BCUT2D eigenvalue weighted by Gasteiger charge is 2.45. The van der Waals surface area contributed by atoms with Crippen LogP contribution in [-0.4, -0.2) is 60.6 Å². The number of carbonyl (C=O) groups is 3. The van der Waals surface area contributed by atoms with Crippen molar-refractivity contribution in [2.75, 3.05) is 13.2 Å². The highest BCUT2D eigenvalue weighted by atomic mass is 16.6. The summed E-state index contributed by atoms with van der Waals surface area (Å²) in [5.41, 5.74) is 0. The summed E-state index contributed by atoms with van der Waals surface area (Å²) in [6, 6.07) is 0. The molecular formula is C42H78O8. The lowest BCUT2D eigenvalue weighted by Crippen LogP contribution is -2.46. The van der Waals surface area contributed by atoms with Gasteiger partial charge < -0.3 is 24.1 Å². The molecule has 0 aromatic rings. The van der Waals surface area contributed by atoms with Crippen molar-refractivity contribution in [1.82, 2.24) is 0 Å². The molecule has 1 rings (SSSR count). The van der Waals surface area contributed by atoms with E-state index in [1.54, 1.807) is 0 Å². The number of carbonyl (C=O) groups excluding carboxylic acids is 3. The van der Waals surface area contributed by atoms with E-state index in [-0.39, 0.29) is 32.0 Å². The number of hydrogen-bond donors (Lipinski definition) is 1. The maximum Gasteiger partial charge on any atom is 0.306 e. The Morgan fingerprint density at radius 2 is 0.900 bits per heavy atom. The van der Waals surface area contributed by atoms with Gasteiger partial charge in [-0.3, -0.25) is 14.4 Å². The smallest absolute Gasteiger partial charge is 0.306 e. The maximum atomic E-state index is 12.9. The molecule has 0 radical (unpaired) electrons. The zero-order valence-electron chi connectivity index (χ0n) is 32.7. The Hall–Kier alpha value is -1.67. The van der Waals surface area contributed by atoms with Crippen molar-refractivity contribution in [1.29, 1.82) is 0 Å². The van der Waals surface area contributed by atoms with E-state index in [0.717, 1.165) is 57.8 Å². The number of unbranched alkanes of at least 4 members (excludes halogenated alkanes) is 24. The molecule has 0 saturated carbocycles. The van der Waals surface area contributed by atoms with E-state index in [0.29, 0.717) is 6.42 Å². The van der Waals surface area contributed by atoms with Crippen LogP contribution in [0, 0.1) is 0 Å². The molecule has 0 aromatic heterocycles. The minimum absolute atomic E-state index is 0.0423. The predicted molar refractivity (Wildman–Crippen MR) is 202 cm³/mol. The van der Waals surface area contributed by atoms with E-state index in [9.17, 15) is 19.5 Å². The number of hydrogen-bond acceptors (Lipinski definition) is 8. The standard InChI is InChI=1S/C42H78O8/c1-4-7-10-13-16-19-22-25-28-31-38(44)47-35-37(49-39(45)32-29-26-23-20-17-14-11-8-5-2)42-41(36(43)34-48-42)50-40(46)33-30-27-24-21-18-15-12-9-6-3/h36-37,41-43H,4-35H2,1-3H3/t36-,37?,41+,42-/m1/s1. The summed E-state index contributed by atoms with van der Waals surface area (Å²) in [6.07, 6.45) is 28.0. The van der Waals surface area contributed by atoms with Crippen LogP contribution in [0.3, 0.4) is 0 Å². The van der Waals surface area contributed by atoms with Gasteiger partial charge in [-0.2, -0.15) is 0 Å². The Labute approximate surface area is 306 Å². The fourth-order valence-electron chi connectivity index (χ4n) is 6.70. The number of rotatable bonds is 35. The summed E-state index contributed by atoms with van der Waals surface area (Å²) in [7, 11) is 0. The van der Waals surface area contributed by atoms with Crippen molar-refractivity contribution in [3.8, 4) is 0 Å². The van der Waals surface area contributed by atoms with E-state index in [1.807, 2.05) is 0 Å². The van der Waals surface area contributed by atoms with Gasteiger partial charge in [-0.05, 0) is 19.3 Å². The Morgan fingerprint density at radius 1 is 0.540 bits per heavy atom. The third kappa shape index (κ3) is 25.3. The lowest BCUT2D eigenvalue weighted by molar-refractivity contribution is -0.177. The quantitative estimate of drug-likeness (QED) is 0.0393. The van der Waals surface area contributed by atoms with Crippen LogP contribution in [0.5, 0.6) is 0 Å². The van der Waals surface area contributed by atoms with Gasteiger partial charge in [-0.15, -0.1) is 0 Å². The second kappa shape index (κ2) is 33.2. The molecule has 8 nitrogen and oxygen atoms in total. The molecule has 50 heavy (non-hydrogen) atoms. The van der Waals surface area contributed by atoms with Crippen molar-refractivity contribution in [3.05, 3.63) is 0 Å². The summed E-state index contributed by atoms with van der Waals surface area (Å²) in [5.74, 6) is -1.13. The van der Waals surface area contributed by atoms with E-state index >= 15 is 0 Å². The van der Waals surface area contributed by atoms with Crippen LogP contribution >= 0.6 is 0 Å². The van der Waals surface area contributed by atoms with Crippen LogP contribution in [-0.2, 0) is 33.3 Å². The van der Waals surface area contributed by atoms with Gasteiger partial charge in [0.1, 0.15) is 18.8 Å². The largest absolute Gasteiger partial charge is 0.462 e. The zero-order valence-corrected chi connectivity index (χ0v) is 32.7. The third-order valence-corrected chi connectivity index (χ3v) is 9.94. The highest BCUT2D eigenvalue weighted by molar-refractivity contribution is 5.71. The molecule has 1 N–H and O–H groups in total. The number of esters is 3. The van der Waals surface area contributed by atoms with Gasteiger partial charge in [-0.1, -0.05) is 175 Å². The lowest BCUT2D eigenvalue weighted by Gasteiger charge is -2.28. The molecule has 294 valence electrons. The van der Waals surface area contributed by atoms with Crippen LogP contribution in [0.4, 0.5) is 0 Å². The predicted octanol–water partition coefficient (Wildman–Crippen LogP) is 10.9. The molecule has 0 bridgehead atoms. The first kappa shape index (κ1) is 46.4. The third-order valence-electron chi connectivity index (χ3n) is 9.94. The van der Waals surface area contributed by atoms with Crippen LogP contribution in [0.15, 0.2) is 0 Å². The van der Waals surface area contributed by atoms with Crippen molar-refractivity contribution in [3.63, 3.8) is 0 Å². The average Bonchev–Trinajstić information content (AvgIpc) is 3.46. The molecular weight excluding hydrogens is 632 g/mol. The first-order chi connectivity index (χ1) is 24.4. The molecule has 1 heterocycles. The lowest BCUT2D eigenvalue weighted by atomic mass is 10.0. The minimum Gasteiger partial charge on any atom is -0.462 e. The fraction of sp³-hybridized carbons (Fsp3) is 0.929. The molecule has 0 amide bonds. The summed E-state index contributed by atoms with van der Waals surface area (Å²) in [5, 5.41) is 10.7. The second-order valence-corrected chi connectivity index (χ2v) is 14.8. The minimum atomic E-state index is -1.04. The van der Waals surface area contributed by atoms with Gasteiger partial charge in [0.2, 0.25) is 0 Å². The molecule has 1 saturated heterocycles. The number of ether oxygens (including phenoxy) is 4. The normalized spacial score (nSPS) is 17.9. The average molecular weight is 711 g/mol. The molecule has 0 aliphatic carbocycles. The SMILES string of the molecule is CCCCCCCCCCCC(=O)OCC(OC(=O)CCCCCCCCCCC)[C@H]1OC[C@@H](O)[C@@H]1OC(=O)CCCCCCCCCCC. The van der Waals surface area contributed by atoms with E-state index in [2.05, 4.69) is 20.8 Å². The van der Waals surface area contributed by atoms with Gasteiger partial charge >= 0.3 is 17.9 Å². The second-order valence-electron chi connectivity index (χ2n) is 14.8. The van der Waals surface area contributed by atoms with Crippen LogP contribution in [0.25, 0.3) is 0 Å². The van der Waals surface area contributed by atoms with Crippen LogP contribution in [0.2, 0.25) is 0 Å². The molecule has 1 unspecified atom stereocenters. The molecule has 8 heteroatoms. The summed E-state index contributed by atoms with van der Waals surface area (Å²) in [4.78, 5) is 38.4. The molecule has 0 spiro atoms. The molecule has 0 aromatic carbocycles. The monoisotopic (exact) mass is 711 g/mol.